The minimum absolute atomic E-state index is 0. The second-order valence-electron chi connectivity index (χ2n) is 7.09. The number of carbonyl (C=O) groups is 2. The Morgan fingerprint density at radius 2 is 1.64 bits per heavy atom. The average molecular weight is 385 g/mol. The van der Waals surface area contributed by atoms with Crippen LogP contribution in [0.25, 0.3) is 0 Å². The van der Waals surface area contributed by atoms with Crippen LogP contribution < -0.4 is 5.73 Å². The van der Waals surface area contributed by atoms with Crippen molar-refractivity contribution >= 4 is 35.7 Å². The van der Waals surface area contributed by atoms with Gasteiger partial charge in [0.05, 0.1) is 0 Å². The zero-order valence-corrected chi connectivity index (χ0v) is 15.9. The zero-order chi connectivity index (χ0) is 17.1. The molecule has 3 rings (SSSR count). The Labute approximate surface area is 160 Å². The van der Waals surface area contributed by atoms with E-state index in [9.17, 15) is 9.59 Å². The lowest BCUT2D eigenvalue weighted by molar-refractivity contribution is -0.138. The van der Waals surface area contributed by atoms with Gasteiger partial charge in [0.25, 0.3) is 0 Å². The molecule has 1 saturated heterocycles. The van der Waals surface area contributed by atoms with E-state index in [1.807, 2.05) is 4.90 Å². The Hall–Kier alpha value is -1.10. The molecular weight excluding hydrogens is 359 g/mol. The molecule has 1 aliphatic carbocycles. The van der Waals surface area contributed by atoms with E-state index in [4.69, 9.17) is 17.3 Å². The summed E-state index contributed by atoms with van der Waals surface area (Å²) in [6.07, 6.45) is 5.32. The van der Waals surface area contributed by atoms with Crippen LogP contribution in [-0.4, -0.2) is 35.7 Å². The maximum Gasteiger partial charge on any atom is 0.225 e. The highest BCUT2D eigenvalue weighted by molar-refractivity contribution is 6.30. The van der Waals surface area contributed by atoms with Gasteiger partial charge in [0.15, 0.2) is 5.78 Å². The van der Waals surface area contributed by atoms with Crippen molar-refractivity contribution in [3.63, 3.8) is 0 Å². The number of Topliss-reactive ketones (excluding diaryl/α,β-unsaturated/α-hetero) is 1. The molecule has 0 spiro atoms. The lowest BCUT2D eigenvalue weighted by Gasteiger charge is -2.35. The van der Waals surface area contributed by atoms with Gasteiger partial charge in [-0.15, -0.1) is 12.4 Å². The monoisotopic (exact) mass is 384 g/mol. The van der Waals surface area contributed by atoms with Crippen molar-refractivity contribution in [3.8, 4) is 0 Å². The minimum Gasteiger partial charge on any atom is -0.342 e. The van der Waals surface area contributed by atoms with E-state index < -0.39 is 0 Å². The summed E-state index contributed by atoms with van der Waals surface area (Å²) >= 11 is 5.88. The number of hydrogen-bond acceptors (Lipinski definition) is 3. The minimum atomic E-state index is 0. The largest absolute Gasteiger partial charge is 0.342 e. The number of piperidine rings is 1. The predicted octanol–water partition coefficient (Wildman–Crippen LogP) is 3.70. The van der Waals surface area contributed by atoms with Gasteiger partial charge in [0.2, 0.25) is 5.91 Å². The Kier molecular flexibility index (Phi) is 7.29. The second kappa shape index (κ2) is 9.02. The highest BCUT2D eigenvalue weighted by atomic mass is 35.5. The molecule has 1 saturated carbocycles. The van der Waals surface area contributed by atoms with Crippen molar-refractivity contribution in [1.29, 1.82) is 0 Å². The van der Waals surface area contributed by atoms with Crippen LogP contribution in [0, 0.1) is 11.8 Å². The number of hydrogen-bond donors (Lipinski definition) is 1. The molecule has 1 aromatic rings. The van der Waals surface area contributed by atoms with Gasteiger partial charge < -0.3 is 10.6 Å². The Morgan fingerprint density at radius 3 is 2.24 bits per heavy atom. The summed E-state index contributed by atoms with van der Waals surface area (Å²) in [7, 11) is 0. The molecule has 4 nitrogen and oxygen atoms in total. The molecule has 25 heavy (non-hydrogen) atoms. The van der Waals surface area contributed by atoms with Crippen LogP contribution in [0.5, 0.6) is 0 Å². The molecule has 138 valence electrons. The van der Waals surface area contributed by atoms with Gasteiger partial charge in [0.1, 0.15) is 0 Å². The number of ketones is 1. The van der Waals surface area contributed by atoms with E-state index in [0.717, 1.165) is 38.5 Å². The molecule has 6 heteroatoms. The lowest BCUT2D eigenvalue weighted by Crippen LogP contribution is -2.45. The van der Waals surface area contributed by atoms with Gasteiger partial charge in [0, 0.05) is 41.6 Å². The molecule has 2 unspecified atom stereocenters. The van der Waals surface area contributed by atoms with E-state index in [2.05, 4.69) is 0 Å². The van der Waals surface area contributed by atoms with E-state index in [1.165, 1.54) is 0 Å². The summed E-state index contributed by atoms with van der Waals surface area (Å²) in [5.41, 5.74) is 6.72. The molecule has 2 fully saturated rings. The number of nitrogens with two attached hydrogens (primary N) is 1. The summed E-state index contributed by atoms with van der Waals surface area (Å²) in [5, 5.41) is 0.637. The van der Waals surface area contributed by atoms with E-state index >= 15 is 0 Å². The van der Waals surface area contributed by atoms with E-state index in [0.29, 0.717) is 23.7 Å². The quantitative estimate of drug-likeness (QED) is 0.807. The fourth-order valence-corrected chi connectivity index (χ4v) is 4.05. The van der Waals surface area contributed by atoms with Crippen LogP contribution in [-0.2, 0) is 4.79 Å². The number of halogens is 2. The van der Waals surface area contributed by atoms with Gasteiger partial charge in [-0.2, -0.15) is 0 Å². The van der Waals surface area contributed by atoms with Crippen molar-refractivity contribution in [2.45, 2.75) is 44.6 Å². The van der Waals surface area contributed by atoms with Crippen molar-refractivity contribution in [3.05, 3.63) is 34.9 Å². The normalized spacial score (nSPS) is 24.5. The van der Waals surface area contributed by atoms with Gasteiger partial charge in [-0.25, -0.2) is 0 Å². The highest BCUT2D eigenvalue weighted by Gasteiger charge is 2.33. The molecule has 0 radical (unpaired) electrons. The van der Waals surface area contributed by atoms with E-state index in [1.54, 1.807) is 24.3 Å². The van der Waals surface area contributed by atoms with Crippen molar-refractivity contribution in [2.75, 3.05) is 13.1 Å². The van der Waals surface area contributed by atoms with Gasteiger partial charge in [-0.1, -0.05) is 18.0 Å². The van der Waals surface area contributed by atoms with Gasteiger partial charge in [-0.05, 0) is 56.4 Å². The maximum absolute atomic E-state index is 12.7. The van der Waals surface area contributed by atoms with Crippen LogP contribution in [0.2, 0.25) is 5.02 Å². The molecule has 2 N–H and O–H groups in total. The van der Waals surface area contributed by atoms with Gasteiger partial charge in [-0.3, -0.25) is 9.59 Å². The first-order valence-electron chi connectivity index (χ1n) is 8.88. The second-order valence-corrected chi connectivity index (χ2v) is 7.53. The summed E-state index contributed by atoms with van der Waals surface area (Å²) in [6, 6.07) is 7.23. The first-order valence-corrected chi connectivity index (χ1v) is 9.26. The Morgan fingerprint density at radius 1 is 1.00 bits per heavy atom. The summed E-state index contributed by atoms with van der Waals surface area (Å²) in [6.45, 7) is 1.35. The highest BCUT2D eigenvalue weighted by Crippen LogP contribution is 2.28. The molecule has 1 heterocycles. The summed E-state index contributed by atoms with van der Waals surface area (Å²) in [4.78, 5) is 27.2. The molecule has 1 amide bonds. The number of benzene rings is 1. The fraction of sp³-hybridized carbons (Fsp3) is 0.579. The zero-order valence-electron chi connectivity index (χ0n) is 14.3. The fourth-order valence-electron chi connectivity index (χ4n) is 3.92. The van der Waals surface area contributed by atoms with Crippen LogP contribution in [0.4, 0.5) is 0 Å². The third kappa shape index (κ3) is 4.96. The van der Waals surface area contributed by atoms with Crippen LogP contribution >= 0.6 is 24.0 Å². The van der Waals surface area contributed by atoms with Crippen LogP contribution in [0.3, 0.4) is 0 Å². The standard InChI is InChI=1S/C19H25ClN2O2.ClH/c20-16-6-4-13(5-7-16)18(23)14-8-10-22(11-9-14)19(24)15-2-1-3-17(21)12-15;/h4-7,14-15,17H,1-3,8-12,21H2;1H. The van der Waals surface area contributed by atoms with Crippen molar-refractivity contribution in [1.82, 2.24) is 4.90 Å². The smallest absolute Gasteiger partial charge is 0.225 e. The van der Waals surface area contributed by atoms with Crippen molar-refractivity contribution < 1.29 is 9.59 Å². The summed E-state index contributed by atoms with van der Waals surface area (Å²) in [5.74, 6) is 0.488. The number of amides is 1. The SMILES string of the molecule is Cl.NC1CCCC(C(=O)N2CCC(C(=O)c3ccc(Cl)cc3)CC2)C1. The van der Waals surface area contributed by atoms with Gasteiger partial charge >= 0.3 is 0 Å². The average Bonchev–Trinajstić information content (AvgIpc) is 2.61. The number of likely N-dealkylation sites (tertiary alicyclic amines) is 1. The first kappa shape index (κ1) is 20.2. The molecule has 1 aromatic carbocycles. The third-order valence-corrected chi connectivity index (χ3v) is 5.62. The van der Waals surface area contributed by atoms with Crippen LogP contribution in [0.1, 0.15) is 48.9 Å². The number of nitrogens with zero attached hydrogens (tertiary/aromatic N) is 1. The molecule has 2 aliphatic rings. The maximum atomic E-state index is 12.7. The third-order valence-electron chi connectivity index (χ3n) is 5.37. The van der Waals surface area contributed by atoms with Crippen molar-refractivity contribution in [2.24, 2.45) is 17.6 Å². The van der Waals surface area contributed by atoms with Crippen LogP contribution in [0.15, 0.2) is 24.3 Å². The Balaban J connectivity index is 0.00000225. The summed E-state index contributed by atoms with van der Waals surface area (Å²) < 4.78 is 0. The first-order chi connectivity index (χ1) is 11.5. The molecule has 1 aliphatic heterocycles. The van der Waals surface area contributed by atoms with E-state index in [-0.39, 0.29) is 42.0 Å². The Bertz CT molecular complexity index is 598. The number of rotatable bonds is 3. The molecular formula is C19H26Cl2N2O2. The molecule has 2 atom stereocenters. The predicted molar refractivity (Wildman–Crippen MR) is 102 cm³/mol. The molecule has 0 aromatic heterocycles. The molecule has 0 bridgehead atoms. The number of carbonyl (C=O) groups excluding carboxylic acids is 2. The topological polar surface area (TPSA) is 63.4 Å². The lowest BCUT2D eigenvalue weighted by atomic mass is 9.84.